The Kier molecular flexibility index (Phi) is 2.27. The van der Waals surface area contributed by atoms with Gasteiger partial charge in [0.15, 0.2) is 0 Å². The SMILES string of the molecule is Cc1cn(C)c(=O)c2c(C(=O)O)cccc12. The molecular formula is C12H11NO3. The van der Waals surface area contributed by atoms with E-state index in [9.17, 15) is 9.59 Å². The van der Waals surface area contributed by atoms with Gasteiger partial charge in [0.05, 0.1) is 10.9 Å². The van der Waals surface area contributed by atoms with Crippen molar-refractivity contribution in [1.29, 1.82) is 0 Å². The van der Waals surface area contributed by atoms with Crippen molar-refractivity contribution in [2.75, 3.05) is 0 Å². The molecule has 2 rings (SSSR count). The minimum absolute atomic E-state index is 0.0572. The second-order valence-electron chi connectivity index (χ2n) is 3.76. The Balaban J connectivity index is 3.07. The third-order valence-corrected chi connectivity index (χ3v) is 2.64. The lowest BCUT2D eigenvalue weighted by molar-refractivity contribution is 0.0699. The predicted molar refractivity (Wildman–Crippen MR) is 60.9 cm³/mol. The number of hydrogen-bond donors (Lipinski definition) is 1. The van der Waals surface area contributed by atoms with Crippen LogP contribution in [0.5, 0.6) is 0 Å². The van der Waals surface area contributed by atoms with Crippen LogP contribution in [0.3, 0.4) is 0 Å². The molecule has 0 amide bonds. The zero-order chi connectivity index (χ0) is 11.9. The van der Waals surface area contributed by atoms with E-state index in [0.717, 1.165) is 5.56 Å². The van der Waals surface area contributed by atoms with Gasteiger partial charge >= 0.3 is 5.97 Å². The van der Waals surface area contributed by atoms with Crippen molar-refractivity contribution in [2.45, 2.75) is 6.92 Å². The molecule has 16 heavy (non-hydrogen) atoms. The highest BCUT2D eigenvalue weighted by molar-refractivity contribution is 6.04. The van der Waals surface area contributed by atoms with Gasteiger partial charge in [-0.1, -0.05) is 12.1 Å². The van der Waals surface area contributed by atoms with Gasteiger partial charge in [-0.2, -0.15) is 0 Å². The van der Waals surface area contributed by atoms with Crippen molar-refractivity contribution in [2.24, 2.45) is 7.05 Å². The molecule has 0 aliphatic carbocycles. The summed E-state index contributed by atoms with van der Waals surface area (Å²) in [4.78, 5) is 22.9. The Bertz CT molecular complexity index is 640. The summed E-state index contributed by atoms with van der Waals surface area (Å²) in [5, 5.41) is 10.0. The van der Waals surface area contributed by atoms with E-state index in [-0.39, 0.29) is 16.5 Å². The molecule has 0 bridgehead atoms. The third-order valence-electron chi connectivity index (χ3n) is 2.64. The summed E-state index contributed by atoms with van der Waals surface area (Å²) in [5.74, 6) is -1.08. The summed E-state index contributed by atoms with van der Waals surface area (Å²) in [6.45, 7) is 1.85. The fraction of sp³-hybridized carbons (Fsp3) is 0.167. The molecule has 0 aliphatic rings. The van der Waals surface area contributed by atoms with Crippen LogP contribution < -0.4 is 5.56 Å². The van der Waals surface area contributed by atoms with Crippen molar-refractivity contribution >= 4 is 16.7 Å². The van der Waals surface area contributed by atoms with Crippen LogP contribution in [0.2, 0.25) is 0 Å². The molecule has 0 radical (unpaired) electrons. The number of rotatable bonds is 1. The maximum Gasteiger partial charge on any atom is 0.336 e. The second-order valence-corrected chi connectivity index (χ2v) is 3.76. The minimum atomic E-state index is -1.08. The third kappa shape index (κ3) is 1.39. The maximum absolute atomic E-state index is 11.9. The number of carboxylic acid groups (broad SMARTS) is 1. The highest BCUT2D eigenvalue weighted by Gasteiger charge is 2.13. The number of pyridine rings is 1. The quantitative estimate of drug-likeness (QED) is 0.788. The first kappa shape index (κ1) is 10.4. The molecule has 1 N–H and O–H groups in total. The largest absolute Gasteiger partial charge is 0.478 e. The molecule has 4 heteroatoms. The summed E-state index contributed by atoms with van der Waals surface area (Å²) in [7, 11) is 1.62. The topological polar surface area (TPSA) is 59.3 Å². The van der Waals surface area contributed by atoms with E-state index in [2.05, 4.69) is 0 Å². The van der Waals surface area contributed by atoms with E-state index >= 15 is 0 Å². The predicted octanol–water partition coefficient (Wildman–Crippen LogP) is 1.55. The zero-order valence-electron chi connectivity index (χ0n) is 9.02. The molecule has 0 unspecified atom stereocenters. The molecule has 4 nitrogen and oxygen atoms in total. The van der Waals surface area contributed by atoms with Crippen molar-refractivity contribution < 1.29 is 9.90 Å². The van der Waals surface area contributed by atoms with Gasteiger partial charge in [0, 0.05) is 13.2 Å². The van der Waals surface area contributed by atoms with Crippen LogP contribution in [0.4, 0.5) is 0 Å². The first-order valence-corrected chi connectivity index (χ1v) is 4.84. The Morgan fingerprint density at radius 3 is 2.69 bits per heavy atom. The molecule has 0 aliphatic heterocycles. The smallest absolute Gasteiger partial charge is 0.336 e. The molecule has 0 spiro atoms. The van der Waals surface area contributed by atoms with Gasteiger partial charge < -0.3 is 9.67 Å². The highest BCUT2D eigenvalue weighted by atomic mass is 16.4. The number of carbonyl (C=O) groups is 1. The molecule has 82 valence electrons. The number of benzene rings is 1. The Hall–Kier alpha value is -2.10. The number of aromatic nitrogens is 1. The van der Waals surface area contributed by atoms with Gasteiger partial charge in [-0.25, -0.2) is 4.79 Å². The van der Waals surface area contributed by atoms with Gasteiger partial charge in [0.2, 0.25) is 0 Å². The highest BCUT2D eigenvalue weighted by Crippen LogP contribution is 2.18. The summed E-state index contributed by atoms with van der Waals surface area (Å²) in [6.07, 6.45) is 1.70. The molecular weight excluding hydrogens is 206 g/mol. The number of nitrogens with zero attached hydrogens (tertiary/aromatic N) is 1. The van der Waals surface area contributed by atoms with Gasteiger partial charge in [-0.05, 0) is 23.9 Å². The Morgan fingerprint density at radius 1 is 1.38 bits per heavy atom. The van der Waals surface area contributed by atoms with E-state index in [0.29, 0.717) is 5.39 Å². The van der Waals surface area contributed by atoms with Crippen LogP contribution in [-0.4, -0.2) is 15.6 Å². The van der Waals surface area contributed by atoms with E-state index in [1.165, 1.54) is 10.6 Å². The van der Waals surface area contributed by atoms with Crippen molar-refractivity contribution in [3.05, 3.63) is 45.9 Å². The lowest BCUT2D eigenvalue weighted by atomic mass is 10.0. The molecule has 2 aromatic rings. The van der Waals surface area contributed by atoms with Gasteiger partial charge in [0.25, 0.3) is 5.56 Å². The first-order chi connectivity index (χ1) is 7.52. The van der Waals surface area contributed by atoms with Crippen LogP contribution in [0, 0.1) is 6.92 Å². The molecule has 1 aromatic heterocycles. The molecule has 1 aromatic carbocycles. The Morgan fingerprint density at radius 2 is 2.06 bits per heavy atom. The monoisotopic (exact) mass is 217 g/mol. The molecule has 1 heterocycles. The molecule has 0 saturated carbocycles. The normalized spacial score (nSPS) is 10.6. The van der Waals surface area contributed by atoms with Gasteiger partial charge in [-0.3, -0.25) is 4.79 Å². The van der Waals surface area contributed by atoms with Crippen LogP contribution in [0.1, 0.15) is 15.9 Å². The van der Waals surface area contributed by atoms with Crippen LogP contribution in [0.15, 0.2) is 29.2 Å². The van der Waals surface area contributed by atoms with Crippen LogP contribution in [0.25, 0.3) is 10.8 Å². The molecule has 0 atom stereocenters. The van der Waals surface area contributed by atoms with E-state index < -0.39 is 5.97 Å². The summed E-state index contributed by atoms with van der Waals surface area (Å²) in [5.41, 5.74) is 0.667. The molecule has 0 fully saturated rings. The van der Waals surface area contributed by atoms with Crippen LogP contribution >= 0.6 is 0 Å². The van der Waals surface area contributed by atoms with E-state index in [1.54, 1.807) is 25.4 Å². The summed E-state index contributed by atoms with van der Waals surface area (Å²) >= 11 is 0. The number of carboxylic acids is 1. The fourth-order valence-electron chi connectivity index (χ4n) is 1.88. The van der Waals surface area contributed by atoms with Crippen molar-refractivity contribution in [3.63, 3.8) is 0 Å². The van der Waals surface area contributed by atoms with E-state index in [4.69, 9.17) is 5.11 Å². The fourth-order valence-corrected chi connectivity index (χ4v) is 1.88. The number of aromatic carboxylic acids is 1. The van der Waals surface area contributed by atoms with Gasteiger partial charge in [0.1, 0.15) is 0 Å². The second kappa shape index (κ2) is 3.48. The van der Waals surface area contributed by atoms with Crippen molar-refractivity contribution in [1.82, 2.24) is 4.57 Å². The first-order valence-electron chi connectivity index (χ1n) is 4.84. The molecule has 0 saturated heterocycles. The zero-order valence-corrected chi connectivity index (χ0v) is 9.02. The number of aryl methyl sites for hydroxylation is 2. The van der Waals surface area contributed by atoms with E-state index in [1.807, 2.05) is 6.92 Å². The maximum atomic E-state index is 11.9. The minimum Gasteiger partial charge on any atom is -0.478 e. The number of hydrogen-bond acceptors (Lipinski definition) is 2. The van der Waals surface area contributed by atoms with Crippen LogP contribution in [-0.2, 0) is 7.05 Å². The Labute approximate surface area is 91.8 Å². The summed E-state index contributed by atoms with van der Waals surface area (Å²) in [6, 6.07) is 4.86. The number of fused-ring (bicyclic) bond motifs is 1. The lowest BCUT2D eigenvalue weighted by Crippen LogP contribution is -2.19. The summed E-state index contributed by atoms with van der Waals surface area (Å²) < 4.78 is 1.41. The standard InChI is InChI=1S/C12H11NO3/c1-7-6-13(2)11(14)10-8(7)4-3-5-9(10)12(15)16/h3-6H,1-2H3,(H,15,16). The van der Waals surface area contributed by atoms with Crippen molar-refractivity contribution in [3.8, 4) is 0 Å². The average molecular weight is 217 g/mol. The lowest BCUT2D eigenvalue weighted by Gasteiger charge is -2.07. The van der Waals surface area contributed by atoms with Gasteiger partial charge in [-0.15, -0.1) is 0 Å². The average Bonchev–Trinajstić information content (AvgIpc) is 2.25.